The van der Waals surface area contributed by atoms with Crippen molar-refractivity contribution < 1.29 is 9.21 Å². The smallest absolute Gasteiger partial charge is 0.249 e. The standard InChI is InChI=1S/C13H14N4O2/c18-12(9-3-4-9)15-7-5-11-16-17-13(19-11)10-2-1-6-14-8-10/h1-2,6,8-9H,3-5,7H2,(H,15,18). The van der Waals surface area contributed by atoms with Crippen LogP contribution < -0.4 is 5.32 Å². The number of carbonyl (C=O) groups is 1. The van der Waals surface area contributed by atoms with Crippen LogP contribution in [0.4, 0.5) is 0 Å². The largest absolute Gasteiger partial charge is 0.421 e. The fraction of sp³-hybridized carbons (Fsp3) is 0.385. The van der Waals surface area contributed by atoms with Gasteiger partial charge in [-0.25, -0.2) is 0 Å². The maximum atomic E-state index is 11.4. The first-order chi connectivity index (χ1) is 9.33. The summed E-state index contributed by atoms with van der Waals surface area (Å²) < 4.78 is 5.51. The van der Waals surface area contributed by atoms with Gasteiger partial charge in [-0.15, -0.1) is 10.2 Å². The van der Waals surface area contributed by atoms with Crippen molar-refractivity contribution in [3.8, 4) is 11.5 Å². The van der Waals surface area contributed by atoms with Gasteiger partial charge in [0.1, 0.15) is 0 Å². The number of hydrogen-bond donors (Lipinski definition) is 1. The monoisotopic (exact) mass is 258 g/mol. The number of nitrogens with one attached hydrogen (secondary N) is 1. The molecule has 1 amide bonds. The summed E-state index contributed by atoms with van der Waals surface area (Å²) in [6.07, 6.45) is 5.93. The van der Waals surface area contributed by atoms with Crippen LogP contribution in [0.1, 0.15) is 18.7 Å². The molecule has 1 aliphatic rings. The van der Waals surface area contributed by atoms with E-state index in [1.54, 1.807) is 12.4 Å². The second kappa shape index (κ2) is 5.17. The van der Waals surface area contributed by atoms with E-state index in [4.69, 9.17) is 4.42 Å². The van der Waals surface area contributed by atoms with Crippen LogP contribution in [0.3, 0.4) is 0 Å². The number of rotatable bonds is 5. The minimum Gasteiger partial charge on any atom is -0.421 e. The van der Waals surface area contributed by atoms with E-state index < -0.39 is 0 Å². The number of nitrogens with zero attached hydrogens (tertiary/aromatic N) is 3. The van der Waals surface area contributed by atoms with E-state index in [-0.39, 0.29) is 11.8 Å². The van der Waals surface area contributed by atoms with Gasteiger partial charge in [0.2, 0.25) is 17.7 Å². The highest BCUT2D eigenvalue weighted by Crippen LogP contribution is 2.28. The molecule has 0 spiro atoms. The van der Waals surface area contributed by atoms with Gasteiger partial charge in [0.15, 0.2) is 0 Å². The topological polar surface area (TPSA) is 80.9 Å². The zero-order valence-electron chi connectivity index (χ0n) is 10.4. The Hall–Kier alpha value is -2.24. The molecular weight excluding hydrogens is 244 g/mol. The van der Waals surface area contributed by atoms with Crippen molar-refractivity contribution in [2.24, 2.45) is 5.92 Å². The van der Waals surface area contributed by atoms with Gasteiger partial charge in [-0.05, 0) is 25.0 Å². The Labute approximate surface area is 110 Å². The highest BCUT2D eigenvalue weighted by molar-refractivity contribution is 5.80. The van der Waals surface area contributed by atoms with Crippen LogP contribution in [0, 0.1) is 5.92 Å². The van der Waals surface area contributed by atoms with Crippen LogP contribution >= 0.6 is 0 Å². The van der Waals surface area contributed by atoms with Crippen molar-refractivity contribution in [1.29, 1.82) is 0 Å². The van der Waals surface area contributed by atoms with E-state index >= 15 is 0 Å². The lowest BCUT2D eigenvalue weighted by Gasteiger charge is -2.00. The third kappa shape index (κ3) is 2.96. The molecule has 0 bridgehead atoms. The normalized spacial score (nSPS) is 14.3. The van der Waals surface area contributed by atoms with Crippen molar-refractivity contribution in [3.63, 3.8) is 0 Å². The third-order valence-corrected chi connectivity index (χ3v) is 2.96. The van der Waals surface area contributed by atoms with Crippen molar-refractivity contribution >= 4 is 5.91 Å². The first-order valence-corrected chi connectivity index (χ1v) is 6.33. The first-order valence-electron chi connectivity index (χ1n) is 6.33. The van der Waals surface area contributed by atoms with Crippen LogP contribution in [-0.2, 0) is 11.2 Å². The van der Waals surface area contributed by atoms with Gasteiger partial charge >= 0.3 is 0 Å². The highest BCUT2D eigenvalue weighted by Gasteiger charge is 2.29. The number of pyridine rings is 1. The SMILES string of the molecule is O=C(NCCc1nnc(-c2cccnc2)o1)C1CC1. The van der Waals surface area contributed by atoms with Crippen LogP contribution in [0.2, 0.25) is 0 Å². The molecule has 6 heteroatoms. The Balaban J connectivity index is 1.54. The van der Waals surface area contributed by atoms with Crippen molar-refractivity contribution in [2.75, 3.05) is 6.54 Å². The molecule has 19 heavy (non-hydrogen) atoms. The molecule has 2 aromatic rings. The van der Waals surface area contributed by atoms with Gasteiger partial charge in [0, 0.05) is 31.3 Å². The molecule has 2 aromatic heterocycles. The molecule has 0 radical (unpaired) electrons. The van der Waals surface area contributed by atoms with Crippen molar-refractivity contribution in [3.05, 3.63) is 30.4 Å². The minimum atomic E-state index is 0.131. The second-order valence-electron chi connectivity index (χ2n) is 4.56. The quantitative estimate of drug-likeness (QED) is 0.871. The summed E-state index contributed by atoms with van der Waals surface area (Å²) in [6.45, 7) is 0.532. The lowest BCUT2D eigenvalue weighted by molar-refractivity contribution is -0.122. The number of amides is 1. The van der Waals surface area contributed by atoms with Crippen molar-refractivity contribution in [1.82, 2.24) is 20.5 Å². The maximum absolute atomic E-state index is 11.4. The summed E-state index contributed by atoms with van der Waals surface area (Å²) in [5.41, 5.74) is 0.795. The van der Waals surface area contributed by atoms with Gasteiger partial charge in [-0.2, -0.15) is 0 Å². The molecule has 2 heterocycles. The first kappa shape index (κ1) is 11.8. The predicted octanol–water partition coefficient (Wildman–Crippen LogP) is 1.20. The van der Waals surface area contributed by atoms with Gasteiger partial charge in [0.05, 0.1) is 5.56 Å². The third-order valence-electron chi connectivity index (χ3n) is 2.96. The average molecular weight is 258 g/mol. The molecule has 1 N–H and O–H groups in total. The molecule has 0 aromatic carbocycles. The second-order valence-corrected chi connectivity index (χ2v) is 4.56. The van der Waals surface area contributed by atoms with E-state index in [9.17, 15) is 4.79 Å². The van der Waals surface area contributed by atoms with E-state index in [0.29, 0.717) is 24.7 Å². The van der Waals surface area contributed by atoms with E-state index in [1.165, 1.54) is 0 Å². The molecule has 1 fully saturated rings. The molecule has 1 aliphatic carbocycles. The average Bonchev–Trinajstić information content (AvgIpc) is 3.20. The summed E-state index contributed by atoms with van der Waals surface area (Å²) in [5, 5.41) is 10.8. The molecule has 6 nitrogen and oxygen atoms in total. The van der Waals surface area contributed by atoms with E-state index in [1.807, 2.05) is 12.1 Å². The Morgan fingerprint density at radius 2 is 2.32 bits per heavy atom. The van der Waals surface area contributed by atoms with E-state index in [2.05, 4.69) is 20.5 Å². The molecule has 3 rings (SSSR count). The van der Waals surface area contributed by atoms with Crippen molar-refractivity contribution in [2.45, 2.75) is 19.3 Å². The van der Waals surface area contributed by atoms with Gasteiger partial charge in [-0.3, -0.25) is 9.78 Å². The summed E-state index contributed by atoms with van der Waals surface area (Å²) in [4.78, 5) is 15.4. The number of hydrogen-bond acceptors (Lipinski definition) is 5. The van der Waals surface area contributed by atoms with Gasteiger partial charge in [-0.1, -0.05) is 0 Å². The fourth-order valence-corrected chi connectivity index (χ4v) is 1.74. The summed E-state index contributed by atoms with van der Waals surface area (Å²) in [5.74, 6) is 1.34. The summed E-state index contributed by atoms with van der Waals surface area (Å²) in [6, 6.07) is 3.67. The number of carbonyl (C=O) groups excluding carboxylic acids is 1. The molecule has 1 saturated carbocycles. The lowest BCUT2D eigenvalue weighted by atomic mass is 10.3. The van der Waals surface area contributed by atoms with Crippen LogP contribution in [0.25, 0.3) is 11.5 Å². The molecular formula is C13H14N4O2. The Kier molecular flexibility index (Phi) is 3.22. The van der Waals surface area contributed by atoms with Crippen LogP contribution in [-0.4, -0.2) is 27.6 Å². The Bertz CT molecular complexity index is 563. The number of aromatic nitrogens is 3. The van der Waals surface area contributed by atoms with Gasteiger partial charge < -0.3 is 9.73 Å². The molecule has 0 unspecified atom stereocenters. The lowest BCUT2D eigenvalue weighted by Crippen LogP contribution is -2.26. The molecule has 98 valence electrons. The Morgan fingerprint density at radius 1 is 1.42 bits per heavy atom. The summed E-state index contributed by atoms with van der Waals surface area (Å²) >= 11 is 0. The summed E-state index contributed by atoms with van der Waals surface area (Å²) in [7, 11) is 0. The van der Waals surface area contributed by atoms with Crippen LogP contribution in [0.15, 0.2) is 28.9 Å². The predicted molar refractivity (Wildman–Crippen MR) is 67.0 cm³/mol. The van der Waals surface area contributed by atoms with E-state index in [0.717, 1.165) is 18.4 Å². The maximum Gasteiger partial charge on any atom is 0.249 e. The van der Waals surface area contributed by atoms with Gasteiger partial charge in [0.25, 0.3) is 0 Å². The Morgan fingerprint density at radius 3 is 3.05 bits per heavy atom. The van der Waals surface area contributed by atoms with Crippen LogP contribution in [0.5, 0.6) is 0 Å². The molecule has 0 atom stereocenters. The molecule has 0 aliphatic heterocycles. The fourth-order valence-electron chi connectivity index (χ4n) is 1.74. The zero-order valence-corrected chi connectivity index (χ0v) is 10.4. The molecule has 0 saturated heterocycles. The zero-order chi connectivity index (χ0) is 13.1. The highest BCUT2D eigenvalue weighted by atomic mass is 16.4. The minimum absolute atomic E-state index is 0.131.